The van der Waals surface area contributed by atoms with Crippen LogP contribution in [0.4, 0.5) is 0 Å². The van der Waals surface area contributed by atoms with Crippen LogP contribution >= 0.6 is 0 Å². The molecule has 1 heteroatoms. The van der Waals surface area contributed by atoms with E-state index in [2.05, 4.69) is 19.1 Å². The number of aromatic hydroxyl groups is 1. The molecule has 0 aromatic heterocycles. The van der Waals surface area contributed by atoms with Gasteiger partial charge in [0.25, 0.3) is 0 Å². The molecule has 0 spiro atoms. The summed E-state index contributed by atoms with van der Waals surface area (Å²) in [5, 5.41) is 9.08. The summed E-state index contributed by atoms with van der Waals surface area (Å²) >= 11 is 0. The Morgan fingerprint density at radius 1 is 1.31 bits per heavy atom. The maximum Gasteiger partial charge on any atom is 0.115 e. The van der Waals surface area contributed by atoms with E-state index in [4.69, 9.17) is 5.11 Å². The molecule has 0 amide bonds. The highest BCUT2D eigenvalue weighted by Gasteiger charge is 1.98. The second-order valence-corrected chi connectivity index (χ2v) is 3.37. The topological polar surface area (TPSA) is 20.2 Å². The van der Waals surface area contributed by atoms with Gasteiger partial charge in [-0.1, -0.05) is 31.2 Å². The summed E-state index contributed by atoms with van der Waals surface area (Å²) in [5.41, 5.74) is 1.27. The number of phenols is 1. The van der Waals surface area contributed by atoms with Crippen molar-refractivity contribution in [1.29, 1.82) is 0 Å². The highest BCUT2D eigenvalue weighted by atomic mass is 16.3. The van der Waals surface area contributed by atoms with Crippen LogP contribution in [0.3, 0.4) is 0 Å². The highest BCUT2D eigenvalue weighted by molar-refractivity contribution is 5.26. The third-order valence-electron chi connectivity index (χ3n) is 2.02. The van der Waals surface area contributed by atoms with Gasteiger partial charge >= 0.3 is 0 Å². The lowest BCUT2D eigenvalue weighted by molar-refractivity contribution is 0.475. The average Bonchev–Trinajstić information content (AvgIpc) is 2.09. The summed E-state index contributed by atoms with van der Waals surface area (Å²) in [6.07, 6.45) is 5.29. The Hall–Kier alpha value is -1.24. The first kappa shape index (κ1) is 9.85. The normalized spacial score (nSPS) is 13.4. The average molecular weight is 176 g/mol. The molecule has 1 unspecified atom stereocenters. The van der Waals surface area contributed by atoms with Crippen molar-refractivity contribution in [2.45, 2.75) is 20.3 Å². The Morgan fingerprint density at radius 2 is 1.92 bits per heavy atom. The lowest BCUT2D eigenvalue weighted by Crippen LogP contribution is -1.94. The maximum atomic E-state index is 9.08. The molecule has 0 aliphatic rings. The van der Waals surface area contributed by atoms with Gasteiger partial charge in [-0.05, 0) is 37.0 Å². The molecule has 0 saturated carbocycles. The van der Waals surface area contributed by atoms with Crippen molar-refractivity contribution in [2.24, 2.45) is 5.92 Å². The van der Waals surface area contributed by atoms with Gasteiger partial charge in [-0.25, -0.2) is 0 Å². The van der Waals surface area contributed by atoms with E-state index in [0.717, 1.165) is 6.42 Å². The summed E-state index contributed by atoms with van der Waals surface area (Å²) in [6, 6.07) is 7.40. The van der Waals surface area contributed by atoms with Crippen molar-refractivity contribution in [3.8, 4) is 5.75 Å². The van der Waals surface area contributed by atoms with Gasteiger partial charge in [0.1, 0.15) is 5.75 Å². The molecule has 1 rings (SSSR count). The van der Waals surface area contributed by atoms with Crippen LogP contribution < -0.4 is 0 Å². The van der Waals surface area contributed by atoms with Gasteiger partial charge in [0.2, 0.25) is 0 Å². The summed E-state index contributed by atoms with van der Waals surface area (Å²) in [4.78, 5) is 0. The van der Waals surface area contributed by atoms with E-state index in [9.17, 15) is 0 Å². The molecule has 0 bridgehead atoms. The summed E-state index contributed by atoms with van der Waals surface area (Å²) < 4.78 is 0. The summed E-state index contributed by atoms with van der Waals surface area (Å²) in [5.74, 6) is 0.900. The molecule has 70 valence electrons. The molecule has 0 heterocycles. The van der Waals surface area contributed by atoms with Crippen molar-refractivity contribution >= 4 is 0 Å². The van der Waals surface area contributed by atoms with Gasteiger partial charge in [0, 0.05) is 0 Å². The summed E-state index contributed by atoms with van der Waals surface area (Å²) in [7, 11) is 0. The van der Waals surface area contributed by atoms with E-state index in [1.54, 1.807) is 12.1 Å². The second-order valence-electron chi connectivity index (χ2n) is 3.37. The minimum Gasteiger partial charge on any atom is -0.508 e. The number of benzene rings is 1. The van der Waals surface area contributed by atoms with E-state index in [0.29, 0.717) is 11.7 Å². The zero-order chi connectivity index (χ0) is 9.68. The zero-order valence-corrected chi connectivity index (χ0v) is 8.20. The molecule has 0 radical (unpaired) electrons. The van der Waals surface area contributed by atoms with Crippen LogP contribution in [0.5, 0.6) is 5.75 Å². The quantitative estimate of drug-likeness (QED) is 0.701. The lowest BCUT2D eigenvalue weighted by Gasteiger charge is -2.05. The Balaban J connectivity index is 2.59. The van der Waals surface area contributed by atoms with Gasteiger partial charge in [-0.2, -0.15) is 0 Å². The summed E-state index contributed by atoms with van der Waals surface area (Å²) in [6.45, 7) is 4.22. The van der Waals surface area contributed by atoms with Crippen molar-refractivity contribution in [2.75, 3.05) is 0 Å². The third kappa shape index (κ3) is 3.32. The van der Waals surface area contributed by atoms with Gasteiger partial charge < -0.3 is 5.11 Å². The fourth-order valence-corrected chi connectivity index (χ4v) is 1.40. The largest absolute Gasteiger partial charge is 0.508 e. The second kappa shape index (κ2) is 4.70. The van der Waals surface area contributed by atoms with Crippen LogP contribution in [-0.2, 0) is 6.42 Å². The van der Waals surface area contributed by atoms with Crippen LogP contribution in [-0.4, -0.2) is 5.11 Å². The SMILES string of the molecule is CC=CC(C)Cc1ccc(O)cc1. The molecule has 0 aliphatic carbocycles. The van der Waals surface area contributed by atoms with E-state index in [1.807, 2.05) is 19.1 Å². The molecule has 1 N–H and O–H groups in total. The standard InChI is InChI=1S/C12H16O/c1-3-4-10(2)9-11-5-7-12(13)8-6-11/h3-8,10,13H,9H2,1-2H3. The fourth-order valence-electron chi connectivity index (χ4n) is 1.40. The fraction of sp³-hybridized carbons (Fsp3) is 0.333. The first-order chi connectivity index (χ1) is 6.22. The number of phenolic OH excluding ortho intramolecular Hbond substituents is 1. The van der Waals surface area contributed by atoms with Gasteiger partial charge in [-0.15, -0.1) is 0 Å². The van der Waals surface area contributed by atoms with Crippen molar-refractivity contribution in [3.05, 3.63) is 42.0 Å². The van der Waals surface area contributed by atoms with Crippen molar-refractivity contribution in [3.63, 3.8) is 0 Å². The minimum atomic E-state index is 0.336. The zero-order valence-electron chi connectivity index (χ0n) is 8.20. The van der Waals surface area contributed by atoms with Crippen molar-refractivity contribution < 1.29 is 5.11 Å². The smallest absolute Gasteiger partial charge is 0.115 e. The van der Waals surface area contributed by atoms with Crippen LogP contribution in [0.1, 0.15) is 19.4 Å². The predicted octanol–water partition coefficient (Wildman–Crippen LogP) is 3.15. The monoisotopic (exact) mass is 176 g/mol. The molecule has 1 aromatic rings. The Kier molecular flexibility index (Phi) is 3.56. The van der Waals surface area contributed by atoms with Crippen molar-refractivity contribution in [1.82, 2.24) is 0 Å². The minimum absolute atomic E-state index is 0.336. The van der Waals surface area contributed by atoms with E-state index < -0.39 is 0 Å². The molecule has 1 nitrogen and oxygen atoms in total. The van der Waals surface area contributed by atoms with E-state index >= 15 is 0 Å². The van der Waals surface area contributed by atoms with Crippen LogP contribution in [0, 0.1) is 5.92 Å². The number of rotatable bonds is 3. The van der Waals surface area contributed by atoms with Crippen LogP contribution in [0.15, 0.2) is 36.4 Å². The van der Waals surface area contributed by atoms with Crippen LogP contribution in [0.2, 0.25) is 0 Å². The molecule has 1 atom stereocenters. The molecule has 0 saturated heterocycles. The van der Waals surface area contributed by atoms with Gasteiger partial charge in [0.05, 0.1) is 0 Å². The maximum absolute atomic E-state index is 9.08. The Morgan fingerprint density at radius 3 is 2.46 bits per heavy atom. The molecular weight excluding hydrogens is 160 g/mol. The number of allylic oxidation sites excluding steroid dienone is 2. The van der Waals surface area contributed by atoms with Gasteiger partial charge in [-0.3, -0.25) is 0 Å². The molecule has 0 fully saturated rings. The Labute approximate surface area is 79.7 Å². The van der Waals surface area contributed by atoms with Gasteiger partial charge in [0.15, 0.2) is 0 Å². The molecule has 1 aromatic carbocycles. The predicted molar refractivity (Wildman–Crippen MR) is 55.8 cm³/mol. The lowest BCUT2D eigenvalue weighted by atomic mass is 10.0. The van der Waals surface area contributed by atoms with E-state index in [1.165, 1.54) is 5.56 Å². The van der Waals surface area contributed by atoms with E-state index in [-0.39, 0.29) is 0 Å². The Bertz CT molecular complexity index is 272. The third-order valence-corrected chi connectivity index (χ3v) is 2.02. The number of hydrogen-bond donors (Lipinski definition) is 1. The molecule has 0 aliphatic heterocycles. The first-order valence-electron chi connectivity index (χ1n) is 4.63. The number of hydrogen-bond acceptors (Lipinski definition) is 1. The molecule has 13 heavy (non-hydrogen) atoms. The molecular formula is C12H16O. The first-order valence-corrected chi connectivity index (χ1v) is 4.63. The van der Waals surface area contributed by atoms with Crippen LogP contribution in [0.25, 0.3) is 0 Å². The highest BCUT2D eigenvalue weighted by Crippen LogP contribution is 2.13.